The van der Waals surface area contributed by atoms with Gasteiger partial charge in [-0.25, -0.2) is 0 Å². The minimum atomic E-state index is 0.141. The molecule has 0 unspecified atom stereocenters. The van der Waals surface area contributed by atoms with Crippen LogP contribution in [-0.4, -0.2) is 23.9 Å². The van der Waals surface area contributed by atoms with Crippen molar-refractivity contribution < 1.29 is 4.79 Å². The van der Waals surface area contributed by atoms with Gasteiger partial charge in [-0.15, -0.1) is 0 Å². The highest BCUT2D eigenvalue weighted by molar-refractivity contribution is 6.24. The fraction of sp³-hybridized carbons (Fsp3) is 0.211. The van der Waals surface area contributed by atoms with Crippen molar-refractivity contribution in [1.29, 1.82) is 0 Å². The lowest BCUT2D eigenvalue weighted by atomic mass is 10.0. The van der Waals surface area contributed by atoms with Crippen molar-refractivity contribution in [2.24, 2.45) is 0 Å². The van der Waals surface area contributed by atoms with E-state index in [0.29, 0.717) is 0 Å². The van der Waals surface area contributed by atoms with Crippen LogP contribution in [0.2, 0.25) is 0 Å². The Labute approximate surface area is 125 Å². The fourth-order valence-corrected chi connectivity index (χ4v) is 2.69. The first-order chi connectivity index (χ1) is 10.3. The lowest BCUT2D eigenvalue weighted by Gasteiger charge is -2.18. The predicted octanol–water partition coefficient (Wildman–Crippen LogP) is 3.85. The molecule has 3 rings (SSSR count). The van der Waals surface area contributed by atoms with Gasteiger partial charge in [0, 0.05) is 18.7 Å². The van der Waals surface area contributed by atoms with Crippen molar-refractivity contribution in [2.75, 3.05) is 13.1 Å². The van der Waals surface area contributed by atoms with Gasteiger partial charge < -0.3 is 4.90 Å². The van der Waals surface area contributed by atoms with E-state index >= 15 is 0 Å². The largest absolute Gasteiger partial charge is 0.339 e. The Morgan fingerprint density at radius 3 is 2.05 bits per heavy atom. The molecule has 0 saturated carbocycles. The highest BCUT2D eigenvalue weighted by Gasteiger charge is 2.22. The molecule has 0 spiro atoms. The summed E-state index contributed by atoms with van der Waals surface area (Å²) in [5, 5.41) is 0. The number of carbonyl (C=O) groups is 1. The summed E-state index contributed by atoms with van der Waals surface area (Å²) in [5.41, 5.74) is 2.82. The van der Waals surface area contributed by atoms with E-state index in [9.17, 15) is 4.79 Å². The fourth-order valence-electron chi connectivity index (χ4n) is 2.69. The summed E-state index contributed by atoms with van der Waals surface area (Å²) in [6, 6.07) is 20.0. The topological polar surface area (TPSA) is 20.3 Å². The SMILES string of the molecule is O=C(C(=Cc1ccccc1)c1ccccc1)N1CCCC1. The number of nitrogens with zero attached hydrogens (tertiary/aromatic N) is 1. The normalized spacial score (nSPS) is 15.2. The molecule has 0 aliphatic carbocycles. The molecule has 1 amide bonds. The molecule has 0 atom stereocenters. The van der Waals surface area contributed by atoms with Crippen LogP contribution in [0.25, 0.3) is 11.6 Å². The zero-order valence-electron chi connectivity index (χ0n) is 12.0. The van der Waals surface area contributed by atoms with Crippen LogP contribution in [0.3, 0.4) is 0 Å². The number of rotatable bonds is 3. The van der Waals surface area contributed by atoms with Gasteiger partial charge in [-0.05, 0) is 30.0 Å². The smallest absolute Gasteiger partial charge is 0.254 e. The van der Waals surface area contributed by atoms with Crippen LogP contribution in [-0.2, 0) is 4.79 Å². The second-order valence-electron chi connectivity index (χ2n) is 5.33. The second kappa shape index (κ2) is 6.40. The third kappa shape index (κ3) is 3.22. The maximum atomic E-state index is 12.8. The minimum Gasteiger partial charge on any atom is -0.339 e. The molecule has 0 radical (unpaired) electrons. The van der Waals surface area contributed by atoms with Crippen LogP contribution in [0, 0.1) is 0 Å². The van der Waals surface area contributed by atoms with Gasteiger partial charge in [-0.1, -0.05) is 60.7 Å². The molecule has 2 aromatic carbocycles. The second-order valence-corrected chi connectivity index (χ2v) is 5.33. The number of likely N-dealkylation sites (tertiary alicyclic amines) is 1. The van der Waals surface area contributed by atoms with E-state index in [0.717, 1.165) is 42.6 Å². The van der Waals surface area contributed by atoms with Gasteiger partial charge in [0.25, 0.3) is 5.91 Å². The highest BCUT2D eigenvalue weighted by atomic mass is 16.2. The molecular weight excluding hydrogens is 258 g/mol. The summed E-state index contributed by atoms with van der Waals surface area (Å²) >= 11 is 0. The Balaban J connectivity index is 1.99. The number of benzene rings is 2. The average Bonchev–Trinajstić information content (AvgIpc) is 3.08. The van der Waals surface area contributed by atoms with Crippen LogP contribution >= 0.6 is 0 Å². The summed E-state index contributed by atoms with van der Waals surface area (Å²) in [7, 11) is 0. The number of hydrogen-bond acceptors (Lipinski definition) is 1. The van der Waals surface area contributed by atoms with Crippen molar-refractivity contribution in [3.63, 3.8) is 0 Å². The highest BCUT2D eigenvalue weighted by Crippen LogP contribution is 2.23. The van der Waals surface area contributed by atoms with Crippen LogP contribution in [0.4, 0.5) is 0 Å². The van der Waals surface area contributed by atoms with Gasteiger partial charge in [0.05, 0.1) is 0 Å². The lowest BCUT2D eigenvalue weighted by molar-refractivity contribution is -0.123. The third-order valence-electron chi connectivity index (χ3n) is 3.82. The molecule has 2 nitrogen and oxygen atoms in total. The summed E-state index contributed by atoms with van der Waals surface area (Å²) in [6.07, 6.45) is 4.22. The molecule has 1 aliphatic heterocycles. The quantitative estimate of drug-likeness (QED) is 0.616. The first kappa shape index (κ1) is 13.6. The van der Waals surface area contributed by atoms with E-state index in [1.54, 1.807) is 0 Å². The zero-order chi connectivity index (χ0) is 14.5. The standard InChI is InChI=1S/C19H19NO/c21-19(20-13-7-8-14-20)18(17-11-5-2-6-12-17)15-16-9-3-1-4-10-16/h1-6,9-12,15H,7-8,13-14H2. The summed E-state index contributed by atoms with van der Waals surface area (Å²) in [5.74, 6) is 0.141. The Hall–Kier alpha value is -2.35. The molecule has 1 heterocycles. The van der Waals surface area contributed by atoms with E-state index in [-0.39, 0.29) is 5.91 Å². The first-order valence-electron chi connectivity index (χ1n) is 7.46. The molecule has 0 bridgehead atoms. The molecule has 21 heavy (non-hydrogen) atoms. The Morgan fingerprint density at radius 2 is 1.43 bits per heavy atom. The van der Waals surface area contributed by atoms with Crippen molar-refractivity contribution in [3.05, 3.63) is 71.8 Å². The third-order valence-corrected chi connectivity index (χ3v) is 3.82. The molecule has 2 heteroatoms. The van der Waals surface area contributed by atoms with E-state index in [2.05, 4.69) is 0 Å². The monoisotopic (exact) mass is 277 g/mol. The van der Waals surface area contributed by atoms with Gasteiger partial charge >= 0.3 is 0 Å². The summed E-state index contributed by atoms with van der Waals surface area (Å²) in [4.78, 5) is 14.8. The van der Waals surface area contributed by atoms with Crippen molar-refractivity contribution in [3.8, 4) is 0 Å². The lowest BCUT2D eigenvalue weighted by Crippen LogP contribution is -2.28. The minimum absolute atomic E-state index is 0.141. The van der Waals surface area contributed by atoms with E-state index in [1.807, 2.05) is 71.6 Å². The first-order valence-corrected chi connectivity index (χ1v) is 7.46. The van der Waals surface area contributed by atoms with Crippen LogP contribution in [0.15, 0.2) is 60.7 Å². The molecule has 1 saturated heterocycles. The van der Waals surface area contributed by atoms with Crippen LogP contribution in [0.5, 0.6) is 0 Å². The van der Waals surface area contributed by atoms with Gasteiger partial charge in [0.1, 0.15) is 0 Å². The molecule has 2 aromatic rings. The number of hydrogen-bond donors (Lipinski definition) is 0. The van der Waals surface area contributed by atoms with Gasteiger partial charge in [-0.2, -0.15) is 0 Å². The maximum Gasteiger partial charge on any atom is 0.254 e. The van der Waals surface area contributed by atoms with E-state index in [4.69, 9.17) is 0 Å². The number of amides is 1. The summed E-state index contributed by atoms with van der Waals surface area (Å²) in [6.45, 7) is 1.75. The van der Waals surface area contributed by atoms with Crippen LogP contribution < -0.4 is 0 Å². The van der Waals surface area contributed by atoms with Crippen molar-refractivity contribution in [1.82, 2.24) is 4.90 Å². The average molecular weight is 277 g/mol. The van der Waals surface area contributed by atoms with Gasteiger partial charge in [0.2, 0.25) is 0 Å². The molecule has 1 aliphatic rings. The molecule has 0 aromatic heterocycles. The molecule has 0 N–H and O–H groups in total. The Morgan fingerprint density at radius 1 is 0.857 bits per heavy atom. The summed E-state index contributed by atoms with van der Waals surface area (Å²) < 4.78 is 0. The molecule has 106 valence electrons. The van der Waals surface area contributed by atoms with Gasteiger partial charge in [0.15, 0.2) is 0 Å². The zero-order valence-corrected chi connectivity index (χ0v) is 12.0. The van der Waals surface area contributed by atoms with Crippen molar-refractivity contribution in [2.45, 2.75) is 12.8 Å². The van der Waals surface area contributed by atoms with E-state index in [1.165, 1.54) is 0 Å². The Bertz CT molecular complexity index is 625. The van der Waals surface area contributed by atoms with Crippen molar-refractivity contribution >= 4 is 17.6 Å². The van der Waals surface area contributed by atoms with Gasteiger partial charge in [-0.3, -0.25) is 4.79 Å². The van der Waals surface area contributed by atoms with E-state index < -0.39 is 0 Å². The number of carbonyl (C=O) groups excluding carboxylic acids is 1. The predicted molar refractivity (Wildman–Crippen MR) is 86.6 cm³/mol. The maximum absolute atomic E-state index is 12.8. The molecular formula is C19H19NO. The van der Waals surface area contributed by atoms with Crippen LogP contribution in [0.1, 0.15) is 24.0 Å². The Kier molecular flexibility index (Phi) is 4.15. The molecule has 1 fully saturated rings.